The van der Waals surface area contributed by atoms with Crippen LogP contribution in [0.3, 0.4) is 0 Å². The molecule has 0 amide bonds. The number of benzene rings is 10. The molecule has 0 unspecified atom stereocenters. The summed E-state index contributed by atoms with van der Waals surface area (Å²) in [6.07, 6.45) is -9.22. The Bertz CT molecular complexity index is 3840. The van der Waals surface area contributed by atoms with Crippen molar-refractivity contribution in [2.75, 3.05) is 0 Å². The fourth-order valence-electron chi connectivity index (χ4n) is 10.0. The second-order valence-electron chi connectivity index (χ2n) is 16.7. The maximum Gasteiger partial charge on any atom is 0.416 e. The second kappa shape index (κ2) is 14.7. The molecule has 0 aliphatic heterocycles. The molecule has 318 valence electrons. The predicted octanol–water partition coefficient (Wildman–Crippen LogP) is 17.2. The fraction of sp³-hybridized carbons (Fsp3) is 0.0345. The molecule has 0 spiro atoms. The molecule has 0 saturated carbocycles. The number of hydrogen-bond donors (Lipinski definition) is 0. The van der Waals surface area contributed by atoms with Crippen molar-refractivity contribution in [1.82, 2.24) is 9.13 Å². The average molecular weight is 873 g/mol. The molecule has 12 aromatic rings. The van der Waals surface area contributed by atoms with Gasteiger partial charge in [0.25, 0.3) is 0 Å². The number of nitrogens with zero attached hydrogens (tertiary/aromatic N) is 2. The molecular weight excluding hydrogens is 839 g/mol. The first-order chi connectivity index (χ1) is 32.0. The van der Waals surface area contributed by atoms with Gasteiger partial charge in [0, 0.05) is 32.9 Å². The number of fused-ring (bicyclic) bond motifs is 8. The van der Waals surface area contributed by atoms with E-state index >= 15 is 0 Å². The van der Waals surface area contributed by atoms with Gasteiger partial charge in [-0.15, -0.1) is 0 Å². The van der Waals surface area contributed by atoms with Crippen LogP contribution in [0.15, 0.2) is 206 Å². The zero-order valence-electron chi connectivity index (χ0n) is 34.8. The summed E-state index contributed by atoms with van der Waals surface area (Å²) in [5, 5.41) is 7.52. The largest absolute Gasteiger partial charge is 0.416 e. The van der Waals surface area contributed by atoms with E-state index in [0.29, 0.717) is 16.4 Å². The Morgan fingerprint density at radius 1 is 0.258 bits per heavy atom. The Kier molecular flexibility index (Phi) is 8.81. The summed E-state index contributed by atoms with van der Waals surface area (Å²) in [4.78, 5) is 0. The zero-order chi connectivity index (χ0) is 44.9. The van der Waals surface area contributed by atoms with Gasteiger partial charge in [0.15, 0.2) is 0 Å². The van der Waals surface area contributed by atoms with Crippen LogP contribution >= 0.6 is 0 Å². The minimum absolute atomic E-state index is 0.197. The highest BCUT2D eigenvalue weighted by Gasteiger charge is 2.33. The van der Waals surface area contributed by atoms with Crippen molar-refractivity contribution >= 4 is 65.2 Å². The van der Waals surface area contributed by atoms with Gasteiger partial charge in [0.1, 0.15) is 0 Å². The number of aromatic nitrogens is 2. The maximum absolute atomic E-state index is 14.1. The monoisotopic (exact) mass is 872 g/mol. The first-order valence-corrected chi connectivity index (χ1v) is 21.5. The zero-order valence-corrected chi connectivity index (χ0v) is 34.8. The predicted molar refractivity (Wildman–Crippen MR) is 256 cm³/mol. The molecule has 0 saturated heterocycles. The Morgan fingerprint density at radius 2 is 0.667 bits per heavy atom. The Balaban J connectivity index is 0.990. The summed E-state index contributed by atoms with van der Waals surface area (Å²) in [6.45, 7) is 0. The third-order valence-corrected chi connectivity index (χ3v) is 12.9. The molecule has 2 nitrogen and oxygen atoms in total. The molecular formula is C58H34F6N2. The molecule has 2 aromatic heterocycles. The van der Waals surface area contributed by atoms with Gasteiger partial charge >= 0.3 is 12.4 Å². The SMILES string of the molecule is FC(F)(F)c1cccc(-n2c3ccc(-c4ccc5c(c4)c4ccccc4n5-c4ccc(-c5c6ccccc6c(-c6ccccc6)c6ccccc56)cc4)cc3c3cc(C(F)(F)F)ccc32)c1. The van der Waals surface area contributed by atoms with Crippen LogP contribution in [0.5, 0.6) is 0 Å². The minimum Gasteiger partial charge on any atom is -0.309 e. The van der Waals surface area contributed by atoms with Crippen LogP contribution in [0.2, 0.25) is 0 Å². The lowest BCUT2D eigenvalue weighted by Gasteiger charge is -2.18. The van der Waals surface area contributed by atoms with Crippen LogP contribution in [-0.2, 0) is 12.4 Å². The van der Waals surface area contributed by atoms with E-state index in [1.165, 1.54) is 56.4 Å². The number of halogens is 6. The van der Waals surface area contributed by atoms with Gasteiger partial charge in [-0.05, 0) is 134 Å². The summed E-state index contributed by atoms with van der Waals surface area (Å²) in [5.74, 6) is 0. The van der Waals surface area contributed by atoms with Gasteiger partial charge in [-0.25, -0.2) is 0 Å². The van der Waals surface area contributed by atoms with Crippen LogP contribution in [-0.4, -0.2) is 9.13 Å². The minimum atomic E-state index is -4.62. The molecule has 0 bridgehead atoms. The Labute approximate surface area is 373 Å². The van der Waals surface area contributed by atoms with Crippen molar-refractivity contribution in [3.63, 3.8) is 0 Å². The van der Waals surface area contributed by atoms with E-state index in [1.54, 1.807) is 10.6 Å². The van der Waals surface area contributed by atoms with E-state index < -0.39 is 23.5 Å². The van der Waals surface area contributed by atoms with Gasteiger partial charge in [0.05, 0.1) is 33.2 Å². The summed E-state index contributed by atoms with van der Waals surface area (Å²) in [6, 6.07) is 64.5. The van der Waals surface area contributed by atoms with Crippen molar-refractivity contribution in [3.8, 4) is 44.8 Å². The third kappa shape index (κ3) is 6.27. The molecule has 12 rings (SSSR count). The summed E-state index contributed by atoms with van der Waals surface area (Å²) >= 11 is 0. The number of rotatable bonds is 5. The van der Waals surface area contributed by atoms with E-state index in [4.69, 9.17) is 0 Å². The average Bonchev–Trinajstić information content (AvgIpc) is 3.85. The topological polar surface area (TPSA) is 9.86 Å². The molecule has 0 fully saturated rings. The third-order valence-electron chi connectivity index (χ3n) is 12.9. The van der Waals surface area contributed by atoms with E-state index in [9.17, 15) is 26.3 Å². The van der Waals surface area contributed by atoms with Gasteiger partial charge in [-0.3, -0.25) is 0 Å². The van der Waals surface area contributed by atoms with Crippen LogP contribution in [0.1, 0.15) is 11.1 Å². The highest BCUT2D eigenvalue weighted by atomic mass is 19.4. The molecule has 66 heavy (non-hydrogen) atoms. The van der Waals surface area contributed by atoms with Gasteiger partial charge in [0.2, 0.25) is 0 Å². The van der Waals surface area contributed by atoms with Crippen LogP contribution in [0.25, 0.3) is 110 Å². The van der Waals surface area contributed by atoms with Gasteiger partial charge in [-0.1, -0.05) is 127 Å². The molecule has 0 aliphatic carbocycles. The Morgan fingerprint density at radius 3 is 1.23 bits per heavy atom. The highest BCUT2D eigenvalue weighted by Crippen LogP contribution is 2.45. The van der Waals surface area contributed by atoms with E-state index in [2.05, 4.69) is 126 Å². The van der Waals surface area contributed by atoms with Crippen molar-refractivity contribution < 1.29 is 26.3 Å². The van der Waals surface area contributed by atoms with Crippen molar-refractivity contribution in [2.45, 2.75) is 12.4 Å². The van der Waals surface area contributed by atoms with Gasteiger partial charge < -0.3 is 9.13 Å². The second-order valence-corrected chi connectivity index (χ2v) is 16.7. The van der Waals surface area contributed by atoms with Crippen molar-refractivity contribution in [3.05, 3.63) is 217 Å². The standard InChI is InChI=1S/C58H34F6N2/c59-57(60,61)39-13-10-14-42(33-39)66-53-29-24-38(32-49(53)50-34-40(58(62,63)64)25-30-54(50)66)37-23-28-52-48(31-37)43-15-8-9-20-51(43)65(52)41-26-21-36(22-27-41)56-46-18-6-4-16-44(46)55(35-11-2-1-3-12-35)45-17-5-7-19-47(45)56/h1-34H. The lowest BCUT2D eigenvalue weighted by Crippen LogP contribution is -2.06. The smallest absolute Gasteiger partial charge is 0.309 e. The molecule has 0 N–H and O–H groups in total. The lowest BCUT2D eigenvalue weighted by molar-refractivity contribution is -0.138. The van der Waals surface area contributed by atoms with Crippen molar-refractivity contribution in [1.29, 1.82) is 0 Å². The van der Waals surface area contributed by atoms with E-state index in [1.807, 2.05) is 36.4 Å². The molecule has 10 aromatic carbocycles. The molecule has 0 atom stereocenters. The van der Waals surface area contributed by atoms with Gasteiger partial charge in [-0.2, -0.15) is 26.3 Å². The Hall–Kier alpha value is -8.10. The van der Waals surface area contributed by atoms with Crippen molar-refractivity contribution in [2.24, 2.45) is 0 Å². The summed E-state index contributed by atoms with van der Waals surface area (Å²) < 4.78 is 87.8. The van der Waals surface area contributed by atoms with Crippen LogP contribution in [0, 0.1) is 0 Å². The summed E-state index contributed by atoms with van der Waals surface area (Å²) in [7, 11) is 0. The quantitative estimate of drug-likeness (QED) is 0.120. The molecule has 0 aliphatic rings. The molecule has 8 heteroatoms. The molecule has 2 heterocycles. The molecule has 0 radical (unpaired) electrons. The number of hydrogen-bond acceptors (Lipinski definition) is 0. The maximum atomic E-state index is 14.1. The first-order valence-electron chi connectivity index (χ1n) is 21.5. The van der Waals surface area contributed by atoms with Crippen LogP contribution < -0.4 is 0 Å². The fourth-order valence-corrected chi connectivity index (χ4v) is 10.0. The first kappa shape index (κ1) is 39.5. The van der Waals surface area contributed by atoms with E-state index in [0.717, 1.165) is 68.4 Å². The normalized spacial score (nSPS) is 12.4. The number of alkyl halides is 6. The lowest BCUT2D eigenvalue weighted by atomic mass is 9.86. The van der Waals surface area contributed by atoms with E-state index in [-0.39, 0.29) is 11.1 Å². The number of para-hydroxylation sites is 1. The highest BCUT2D eigenvalue weighted by molar-refractivity contribution is 6.21. The van der Waals surface area contributed by atoms with Crippen LogP contribution in [0.4, 0.5) is 26.3 Å². The summed E-state index contributed by atoms with van der Waals surface area (Å²) in [5.41, 5.74) is 8.58.